The van der Waals surface area contributed by atoms with Crippen LogP contribution in [0, 0.1) is 16.7 Å². The summed E-state index contributed by atoms with van der Waals surface area (Å²) in [7, 11) is 0. The third-order valence-electron chi connectivity index (χ3n) is 5.44. The van der Waals surface area contributed by atoms with Crippen LogP contribution in [0.2, 0.25) is 0 Å². The highest BCUT2D eigenvalue weighted by Crippen LogP contribution is 2.64. The minimum atomic E-state index is -0.931. The maximum Gasteiger partial charge on any atom is 0.238 e. The molecule has 0 radical (unpaired) electrons. The van der Waals surface area contributed by atoms with Crippen molar-refractivity contribution < 1.29 is 14.7 Å². The van der Waals surface area contributed by atoms with Crippen molar-refractivity contribution in [2.24, 2.45) is 16.7 Å². The number of phenolic OH excluding ortho intramolecular Hbond substituents is 1. The molecule has 2 fully saturated rings. The summed E-state index contributed by atoms with van der Waals surface area (Å²) < 4.78 is 0. The number of hydrogen-bond acceptors (Lipinski definition) is 3. The Morgan fingerprint density at radius 1 is 1.35 bits per heavy atom. The second-order valence-corrected chi connectivity index (χ2v) is 6.46. The van der Waals surface area contributed by atoms with Crippen LogP contribution in [0.15, 0.2) is 24.3 Å². The molecular formula is C16H19NO3. The number of Topliss-reactive ketones (excluding diaryl/α,β-unsaturated/α-hetero) is 1. The van der Waals surface area contributed by atoms with Crippen LogP contribution in [0.25, 0.3) is 0 Å². The van der Waals surface area contributed by atoms with E-state index in [-0.39, 0.29) is 22.9 Å². The first kappa shape index (κ1) is 13.2. The first-order chi connectivity index (χ1) is 9.39. The molecule has 0 aliphatic heterocycles. The predicted octanol–water partition coefficient (Wildman–Crippen LogP) is 2.73. The summed E-state index contributed by atoms with van der Waals surface area (Å²) in [6.45, 7) is 4.03. The molecule has 106 valence electrons. The molecule has 2 atom stereocenters. The van der Waals surface area contributed by atoms with Crippen molar-refractivity contribution in [2.45, 2.75) is 33.1 Å². The predicted molar refractivity (Wildman–Crippen MR) is 75.3 cm³/mol. The lowest BCUT2D eigenvalue weighted by atomic mass is 9.68. The zero-order valence-electron chi connectivity index (χ0n) is 11.8. The average Bonchev–Trinajstić information content (AvgIpc) is 2.76. The molecular weight excluding hydrogens is 254 g/mol. The zero-order valence-corrected chi connectivity index (χ0v) is 11.8. The van der Waals surface area contributed by atoms with Crippen molar-refractivity contribution in [3.63, 3.8) is 0 Å². The number of rotatable bonds is 2. The van der Waals surface area contributed by atoms with Gasteiger partial charge in [0.25, 0.3) is 0 Å². The molecule has 4 nitrogen and oxygen atoms in total. The van der Waals surface area contributed by atoms with Gasteiger partial charge in [0.1, 0.15) is 16.9 Å². The number of ketones is 1. The third kappa shape index (κ3) is 1.48. The molecule has 0 spiro atoms. The van der Waals surface area contributed by atoms with Crippen molar-refractivity contribution in [2.75, 3.05) is 5.32 Å². The first-order valence-electron chi connectivity index (χ1n) is 7.02. The van der Waals surface area contributed by atoms with Crippen molar-refractivity contribution in [3.8, 4) is 5.75 Å². The lowest BCUT2D eigenvalue weighted by Gasteiger charge is -2.34. The van der Waals surface area contributed by atoms with Gasteiger partial charge < -0.3 is 10.4 Å². The largest absolute Gasteiger partial charge is 0.506 e. The van der Waals surface area contributed by atoms with Crippen molar-refractivity contribution >= 4 is 17.4 Å². The summed E-state index contributed by atoms with van der Waals surface area (Å²) in [5.41, 5.74) is -0.871. The molecule has 3 rings (SSSR count). The second-order valence-electron chi connectivity index (χ2n) is 6.46. The average molecular weight is 273 g/mol. The Labute approximate surface area is 118 Å². The topological polar surface area (TPSA) is 66.4 Å². The second kappa shape index (κ2) is 4.08. The Morgan fingerprint density at radius 3 is 2.60 bits per heavy atom. The highest BCUT2D eigenvalue weighted by molar-refractivity contribution is 6.14. The van der Waals surface area contributed by atoms with E-state index >= 15 is 0 Å². The summed E-state index contributed by atoms with van der Waals surface area (Å²) in [5, 5.41) is 12.5. The molecule has 2 bridgehead atoms. The van der Waals surface area contributed by atoms with Crippen LogP contribution in [0.4, 0.5) is 5.69 Å². The van der Waals surface area contributed by atoms with Gasteiger partial charge in [-0.2, -0.15) is 0 Å². The molecule has 1 aromatic rings. The number of amides is 1. The third-order valence-corrected chi connectivity index (χ3v) is 5.44. The van der Waals surface area contributed by atoms with Crippen LogP contribution in [0.3, 0.4) is 0 Å². The van der Waals surface area contributed by atoms with Gasteiger partial charge in [0.15, 0.2) is 0 Å². The van der Waals surface area contributed by atoms with E-state index in [0.717, 1.165) is 6.42 Å². The number of aromatic hydroxyl groups is 1. The van der Waals surface area contributed by atoms with Gasteiger partial charge in [0.2, 0.25) is 5.91 Å². The number of carbonyl (C=O) groups is 2. The Balaban J connectivity index is 1.94. The van der Waals surface area contributed by atoms with Gasteiger partial charge in [-0.05, 0) is 36.3 Å². The number of para-hydroxylation sites is 2. The molecule has 20 heavy (non-hydrogen) atoms. The van der Waals surface area contributed by atoms with Crippen molar-refractivity contribution in [1.82, 2.24) is 0 Å². The monoisotopic (exact) mass is 273 g/mol. The maximum absolute atomic E-state index is 12.7. The van der Waals surface area contributed by atoms with E-state index in [4.69, 9.17) is 0 Å². The molecule has 0 aromatic heterocycles. The van der Waals surface area contributed by atoms with Gasteiger partial charge in [-0.3, -0.25) is 9.59 Å². The fourth-order valence-corrected chi connectivity index (χ4v) is 4.02. The smallest absolute Gasteiger partial charge is 0.238 e. The van der Waals surface area contributed by atoms with Crippen LogP contribution >= 0.6 is 0 Å². The normalized spacial score (nSPS) is 30.5. The minimum Gasteiger partial charge on any atom is -0.506 e. The molecule has 1 aromatic carbocycles. The summed E-state index contributed by atoms with van der Waals surface area (Å²) >= 11 is 0. The standard InChI is InChI=1S/C16H19NO3/c1-15(2)10-7-8-16(15,13(19)9-10)14(20)17-11-5-3-4-6-12(11)18/h3-6,10,18H,7-9H2,1-2H3,(H,17,20). The van der Waals surface area contributed by atoms with E-state index in [1.807, 2.05) is 13.8 Å². The molecule has 0 heterocycles. The van der Waals surface area contributed by atoms with Gasteiger partial charge in [0.05, 0.1) is 5.69 Å². The Hall–Kier alpha value is -1.84. The Bertz CT molecular complexity index is 593. The minimum absolute atomic E-state index is 0.0232. The van der Waals surface area contributed by atoms with Crippen LogP contribution in [-0.4, -0.2) is 16.8 Å². The quantitative estimate of drug-likeness (QED) is 0.643. The molecule has 2 aliphatic carbocycles. The van der Waals surface area contributed by atoms with Crippen LogP contribution in [0.1, 0.15) is 33.1 Å². The summed E-state index contributed by atoms with van der Waals surface area (Å²) in [5.74, 6) is 0.0980. The van der Waals surface area contributed by atoms with E-state index in [2.05, 4.69) is 5.32 Å². The molecule has 0 saturated heterocycles. The van der Waals surface area contributed by atoms with Crippen LogP contribution < -0.4 is 5.32 Å². The number of carbonyl (C=O) groups excluding carboxylic acids is 2. The van der Waals surface area contributed by atoms with Gasteiger partial charge in [0, 0.05) is 6.42 Å². The van der Waals surface area contributed by atoms with Gasteiger partial charge in [-0.1, -0.05) is 26.0 Å². The lowest BCUT2D eigenvalue weighted by molar-refractivity contribution is -0.141. The summed E-state index contributed by atoms with van der Waals surface area (Å²) in [6, 6.07) is 6.60. The fourth-order valence-electron chi connectivity index (χ4n) is 4.02. The van der Waals surface area contributed by atoms with E-state index in [9.17, 15) is 14.7 Å². The van der Waals surface area contributed by atoms with Gasteiger partial charge in [-0.25, -0.2) is 0 Å². The highest BCUT2D eigenvalue weighted by Gasteiger charge is 2.68. The van der Waals surface area contributed by atoms with E-state index < -0.39 is 5.41 Å². The SMILES string of the molecule is CC1(C)C2CCC1(C(=O)Nc1ccccc1O)C(=O)C2. The maximum atomic E-state index is 12.7. The van der Waals surface area contributed by atoms with Gasteiger partial charge >= 0.3 is 0 Å². The molecule has 4 heteroatoms. The lowest BCUT2D eigenvalue weighted by Crippen LogP contribution is -2.46. The van der Waals surface area contributed by atoms with E-state index in [0.29, 0.717) is 24.4 Å². The molecule has 2 unspecified atom stereocenters. The molecule has 2 aliphatic rings. The summed E-state index contributed by atoms with van der Waals surface area (Å²) in [4.78, 5) is 25.1. The summed E-state index contributed by atoms with van der Waals surface area (Å²) in [6.07, 6.45) is 2.04. The number of nitrogens with one attached hydrogen (secondary N) is 1. The van der Waals surface area contributed by atoms with E-state index in [1.54, 1.807) is 18.2 Å². The molecule has 1 amide bonds. The molecule has 2 saturated carbocycles. The van der Waals surface area contributed by atoms with Crippen molar-refractivity contribution in [1.29, 1.82) is 0 Å². The first-order valence-corrected chi connectivity index (χ1v) is 7.02. The van der Waals surface area contributed by atoms with Crippen LogP contribution in [-0.2, 0) is 9.59 Å². The van der Waals surface area contributed by atoms with Crippen molar-refractivity contribution in [3.05, 3.63) is 24.3 Å². The number of hydrogen-bond donors (Lipinski definition) is 2. The zero-order chi connectivity index (χ0) is 14.5. The van der Waals surface area contributed by atoms with Gasteiger partial charge in [-0.15, -0.1) is 0 Å². The number of benzene rings is 1. The number of phenols is 1. The molecule has 2 N–H and O–H groups in total. The fraction of sp³-hybridized carbons (Fsp3) is 0.500. The number of fused-ring (bicyclic) bond motifs is 2. The Kier molecular flexibility index (Phi) is 2.68. The number of anilines is 1. The highest BCUT2D eigenvalue weighted by atomic mass is 16.3. The Morgan fingerprint density at radius 2 is 2.05 bits per heavy atom. The van der Waals surface area contributed by atoms with Crippen LogP contribution in [0.5, 0.6) is 5.75 Å². The van der Waals surface area contributed by atoms with E-state index in [1.165, 1.54) is 6.07 Å².